The normalized spacial score (nSPS) is 10.3. The highest BCUT2D eigenvalue weighted by Crippen LogP contribution is 2.14. The number of rotatable bonds is 3. The predicted octanol–water partition coefficient (Wildman–Crippen LogP) is 0.612. The molecule has 2 aromatic rings. The molecule has 7 heteroatoms. The lowest BCUT2D eigenvalue weighted by atomic mass is 10.2. The monoisotopic (exact) mass is 249 g/mol. The number of nitrogens with zero attached hydrogens (tertiary/aromatic N) is 3. The van der Waals surface area contributed by atoms with Crippen LogP contribution in [0.1, 0.15) is 17.5 Å². The molecule has 0 amide bonds. The Morgan fingerprint density at radius 2 is 2.33 bits per heavy atom. The van der Waals surface area contributed by atoms with Gasteiger partial charge in [-0.25, -0.2) is 4.79 Å². The number of carbonyl (C=O) groups is 1. The smallest absolute Gasteiger partial charge is 0.379 e. The van der Waals surface area contributed by atoms with Crippen LogP contribution in [-0.2, 0) is 11.8 Å². The number of esters is 1. The van der Waals surface area contributed by atoms with Gasteiger partial charge in [-0.15, -0.1) is 0 Å². The van der Waals surface area contributed by atoms with E-state index in [1.165, 1.54) is 10.6 Å². The van der Waals surface area contributed by atoms with E-state index in [2.05, 4.69) is 10.1 Å². The molecule has 0 N–H and O–H groups in total. The highest BCUT2D eigenvalue weighted by molar-refractivity contribution is 5.85. The molecule has 0 spiro atoms. The molecule has 0 bridgehead atoms. The fourth-order valence-electron chi connectivity index (χ4n) is 1.30. The highest BCUT2D eigenvalue weighted by Gasteiger charge is 2.16. The molecular formula is C11H11N3O4. The SMILES string of the molecule is CCOC(=O)c1noc(-c2ccn(C)c(=O)c2)n1. The first kappa shape index (κ1) is 12.0. The summed E-state index contributed by atoms with van der Waals surface area (Å²) in [5.74, 6) is -0.709. The van der Waals surface area contributed by atoms with Crippen LogP contribution in [0.25, 0.3) is 11.5 Å². The first-order valence-corrected chi connectivity index (χ1v) is 5.29. The van der Waals surface area contributed by atoms with E-state index in [-0.39, 0.29) is 23.9 Å². The van der Waals surface area contributed by atoms with Gasteiger partial charge in [-0.2, -0.15) is 4.98 Å². The van der Waals surface area contributed by atoms with Crippen LogP contribution >= 0.6 is 0 Å². The minimum atomic E-state index is -0.656. The van der Waals surface area contributed by atoms with Gasteiger partial charge in [-0.3, -0.25) is 4.79 Å². The van der Waals surface area contributed by atoms with E-state index in [1.807, 2.05) is 0 Å². The maximum Gasteiger partial charge on any atom is 0.379 e. The summed E-state index contributed by atoms with van der Waals surface area (Å²) in [7, 11) is 1.63. The van der Waals surface area contributed by atoms with E-state index in [1.54, 1.807) is 26.2 Å². The molecule has 0 saturated heterocycles. The average Bonchev–Trinajstić information content (AvgIpc) is 2.82. The zero-order valence-corrected chi connectivity index (χ0v) is 9.91. The van der Waals surface area contributed by atoms with Crippen molar-refractivity contribution in [2.45, 2.75) is 6.92 Å². The van der Waals surface area contributed by atoms with Crippen molar-refractivity contribution in [2.24, 2.45) is 7.05 Å². The van der Waals surface area contributed by atoms with E-state index < -0.39 is 5.97 Å². The third-order valence-electron chi connectivity index (χ3n) is 2.24. The maximum atomic E-state index is 11.4. The average molecular weight is 249 g/mol. The second-order valence-electron chi connectivity index (χ2n) is 3.51. The van der Waals surface area contributed by atoms with Gasteiger partial charge in [0.1, 0.15) is 0 Å². The van der Waals surface area contributed by atoms with E-state index in [9.17, 15) is 9.59 Å². The zero-order chi connectivity index (χ0) is 13.1. The molecule has 0 saturated carbocycles. The molecule has 0 aliphatic heterocycles. The molecule has 0 aliphatic rings. The molecule has 0 fully saturated rings. The van der Waals surface area contributed by atoms with Gasteiger partial charge in [0.15, 0.2) is 0 Å². The number of carbonyl (C=O) groups excluding carboxylic acids is 1. The minimum Gasteiger partial charge on any atom is -0.460 e. The number of aryl methyl sites for hydroxylation is 1. The maximum absolute atomic E-state index is 11.4. The summed E-state index contributed by atoms with van der Waals surface area (Å²) in [4.78, 5) is 26.6. The Hall–Kier alpha value is -2.44. The van der Waals surface area contributed by atoms with Crippen molar-refractivity contribution in [3.8, 4) is 11.5 Å². The largest absolute Gasteiger partial charge is 0.460 e. The van der Waals surface area contributed by atoms with Crippen molar-refractivity contribution >= 4 is 5.97 Å². The highest BCUT2D eigenvalue weighted by atomic mass is 16.5. The van der Waals surface area contributed by atoms with Gasteiger partial charge in [0.2, 0.25) is 0 Å². The molecule has 2 heterocycles. The Kier molecular flexibility index (Phi) is 3.22. The molecular weight excluding hydrogens is 238 g/mol. The van der Waals surface area contributed by atoms with Gasteiger partial charge < -0.3 is 13.8 Å². The minimum absolute atomic E-state index is 0.107. The van der Waals surface area contributed by atoms with E-state index >= 15 is 0 Å². The van der Waals surface area contributed by atoms with Crippen LogP contribution in [0, 0.1) is 0 Å². The number of hydrogen-bond donors (Lipinski definition) is 0. The number of hydrogen-bond acceptors (Lipinski definition) is 6. The molecule has 2 rings (SSSR count). The molecule has 0 unspecified atom stereocenters. The van der Waals surface area contributed by atoms with E-state index in [0.29, 0.717) is 5.56 Å². The summed E-state index contributed by atoms with van der Waals surface area (Å²) in [5, 5.41) is 3.49. The first-order chi connectivity index (χ1) is 8.61. The summed E-state index contributed by atoms with van der Waals surface area (Å²) < 4.78 is 11.0. The van der Waals surface area contributed by atoms with Crippen molar-refractivity contribution < 1.29 is 14.1 Å². The van der Waals surface area contributed by atoms with Crippen molar-refractivity contribution in [3.05, 3.63) is 34.5 Å². The summed E-state index contributed by atoms with van der Waals surface area (Å²) in [6.07, 6.45) is 1.58. The van der Waals surface area contributed by atoms with Gasteiger partial charge >= 0.3 is 5.97 Å². The number of ether oxygens (including phenoxy) is 1. The molecule has 18 heavy (non-hydrogen) atoms. The van der Waals surface area contributed by atoms with Gasteiger partial charge in [-0.05, 0) is 18.1 Å². The Balaban J connectivity index is 2.32. The lowest BCUT2D eigenvalue weighted by Gasteiger charge is -1.96. The molecule has 7 nitrogen and oxygen atoms in total. The number of pyridine rings is 1. The third-order valence-corrected chi connectivity index (χ3v) is 2.24. The van der Waals surface area contributed by atoms with Crippen LogP contribution in [0.3, 0.4) is 0 Å². The Bertz CT molecular complexity index is 629. The van der Waals surface area contributed by atoms with Crippen molar-refractivity contribution in [1.29, 1.82) is 0 Å². The van der Waals surface area contributed by atoms with Gasteiger partial charge in [0.05, 0.1) is 6.61 Å². The summed E-state index contributed by atoms with van der Waals surface area (Å²) in [5.41, 5.74) is 0.254. The summed E-state index contributed by atoms with van der Waals surface area (Å²) in [6.45, 7) is 1.91. The van der Waals surface area contributed by atoms with Crippen LogP contribution in [0.4, 0.5) is 0 Å². The van der Waals surface area contributed by atoms with Crippen LogP contribution in [0.5, 0.6) is 0 Å². The van der Waals surface area contributed by atoms with Crippen molar-refractivity contribution in [3.63, 3.8) is 0 Å². The Morgan fingerprint density at radius 3 is 3.00 bits per heavy atom. The van der Waals surface area contributed by atoms with E-state index in [4.69, 9.17) is 9.26 Å². The fraction of sp³-hybridized carbons (Fsp3) is 0.273. The molecule has 94 valence electrons. The molecule has 0 aromatic carbocycles. The quantitative estimate of drug-likeness (QED) is 0.741. The topological polar surface area (TPSA) is 87.2 Å². The van der Waals surface area contributed by atoms with Gasteiger partial charge in [-0.1, -0.05) is 0 Å². The third kappa shape index (κ3) is 2.29. The lowest BCUT2D eigenvalue weighted by Crippen LogP contribution is -2.14. The van der Waals surface area contributed by atoms with Crippen molar-refractivity contribution in [2.75, 3.05) is 6.61 Å². The standard InChI is InChI=1S/C11H11N3O4/c1-3-17-11(16)9-12-10(18-13-9)7-4-5-14(2)8(15)6-7/h4-6H,3H2,1-2H3. The van der Waals surface area contributed by atoms with Crippen LogP contribution in [0.15, 0.2) is 27.6 Å². The van der Waals surface area contributed by atoms with Crippen LogP contribution in [0.2, 0.25) is 0 Å². The Morgan fingerprint density at radius 1 is 1.56 bits per heavy atom. The molecule has 0 radical (unpaired) electrons. The first-order valence-electron chi connectivity index (χ1n) is 5.29. The second kappa shape index (κ2) is 4.82. The second-order valence-corrected chi connectivity index (χ2v) is 3.51. The van der Waals surface area contributed by atoms with E-state index in [0.717, 1.165) is 0 Å². The van der Waals surface area contributed by atoms with Crippen LogP contribution in [-0.4, -0.2) is 27.3 Å². The number of aromatic nitrogens is 3. The molecule has 2 aromatic heterocycles. The lowest BCUT2D eigenvalue weighted by molar-refractivity contribution is 0.0508. The van der Waals surface area contributed by atoms with Crippen LogP contribution < -0.4 is 5.56 Å². The fourth-order valence-corrected chi connectivity index (χ4v) is 1.30. The zero-order valence-electron chi connectivity index (χ0n) is 9.91. The molecule has 0 atom stereocenters. The van der Waals surface area contributed by atoms with Gasteiger partial charge in [0.25, 0.3) is 17.3 Å². The predicted molar refractivity (Wildman–Crippen MR) is 60.9 cm³/mol. The Labute approximate surface area is 102 Å². The summed E-state index contributed by atoms with van der Waals surface area (Å²) in [6, 6.07) is 2.99. The van der Waals surface area contributed by atoms with Gasteiger partial charge in [0, 0.05) is 24.9 Å². The summed E-state index contributed by atoms with van der Waals surface area (Å²) >= 11 is 0. The molecule has 0 aliphatic carbocycles. The van der Waals surface area contributed by atoms with Crippen molar-refractivity contribution in [1.82, 2.24) is 14.7 Å².